The number of hydrogen-bond acceptors (Lipinski definition) is 3. The van der Waals surface area contributed by atoms with E-state index in [1.165, 1.54) is 10.4 Å². The van der Waals surface area contributed by atoms with Crippen LogP contribution in [-0.4, -0.2) is 49.2 Å². The summed E-state index contributed by atoms with van der Waals surface area (Å²) in [6.07, 6.45) is 2.01. The van der Waals surface area contributed by atoms with E-state index in [9.17, 15) is 13.2 Å². The van der Waals surface area contributed by atoms with Crippen molar-refractivity contribution in [2.24, 2.45) is 0 Å². The van der Waals surface area contributed by atoms with Gasteiger partial charge in [-0.15, -0.1) is 0 Å². The first-order valence-corrected chi connectivity index (χ1v) is 9.44. The molecule has 5 nitrogen and oxygen atoms in total. The minimum atomic E-state index is -3.38. The monoisotopic (exact) mass is 336 g/mol. The minimum Gasteiger partial charge on any atom is -0.334 e. The van der Waals surface area contributed by atoms with Gasteiger partial charge in [-0.2, -0.15) is 4.31 Å². The highest BCUT2D eigenvalue weighted by molar-refractivity contribution is 7.88. The first-order chi connectivity index (χ1) is 10.9. The Labute approximate surface area is 138 Å². The molecule has 126 valence electrons. The van der Waals surface area contributed by atoms with Gasteiger partial charge in [0, 0.05) is 25.7 Å². The summed E-state index contributed by atoms with van der Waals surface area (Å²) in [5.74, 6) is -0.133. The van der Waals surface area contributed by atoms with E-state index in [2.05, 4.69) is 6.58 Å². The van der Waals surface area contributed by atoms with Crippen molar-refractivity contribution in [2.75, 3.05) is 19.6 Å². The van der Waals surface area contributed by atoms with Crippen molar-refractivity contribution in [3.63, 3.8) is 0 Å². The zero-order chi connectivity index (χ0) is 17.0. The van der Waals surface area contributed by atoms with E-state index in [0.717, 1.165) is 17.5 Å². The topological polar surface area (TPSA) is 57.7 Å². The van der Waals surface area contributed by atoms with E-state index >= 15 is 0 Å². The average Bonchev–Trinajstić information content (AvgIpc) is 2.55. The molecule has 23 heavy (non-hydrogen) atoms. The van der Waals surface area contributed by atoms with Crippen molar-refractivity contribution in [1.82, 2.24) is 9.21 Å². The molecular formula is C17H24N2O3S. The zero-order valence-corrected chi connectivity index (χ0v) is 14.6. The lowest BCUT2D eigenvalue weighted by molar-refractivity contribution is -0.130. The second-order valence-electron chi connectivity index (χ2n) is 5.90. The Morgan fingerprint density at radius 2 is 1.96 bits per heavy atom. The minimum absolute atomic E-state index is 0.000874. The van der Waals surface area contributed by atoms with E-state index < -0.39 is 10.0 Å². The summed E-state index contributed by atoms with van der Waals surface area (Å²) in [5.41, 5.74) is 1.89. The summed E-state index contributed by atoms with van der Waals surface area (Å²) in [7, 11) is -3.38. The van der Waals surface area contributed by atoms with Gasteiger partial charge in [0.05, 0.1) is 5.75 Å². The van der Waals surface area contributed by atoms with E-state index in [1.54, 1.807) is 4.90 Å². The van der Waals surface area contributed by atoms with E-state index in [0.29, 0.717) is 19.6 Å². The molecule has 2 rings (SSSR count). The molecule has 1 aromatic carbocycles. The maximum Gasteiger partial charge on any atom is 0.246 e. The van der Waals surface area contributed by atoms with Gasteiger partial charge in [0.15, 0.2) is 0 Å². The SMILES string of the molecule is C=CC(=O)N1CCN(S(=O)(=O)Cc2ccc(C)cc2)C[C@@H]1CC. The van der Waals surface area contributed by atoms with Crippen LogP contribution in [0.15, 0.2) is 36.9 Å². The first-order valence-electron chi connectivity index (χ1n) is 7.83. The Bertz CT molecular complexity index is 668. The van der Waals surface area contributed by atoms with E-state index in [4.69, 9.17) is 0 Å². The normalized spacial score (nSPS) is 19.6. The van der Waals surface area contributed by atoms with Crippen molar-refractivity contribution in [3.05, 3.63) is 48.0 Å². The molecule has 1 amide bonds. The average molecular weight is 336 g/mol. The number of nitrogens with zero attached hydrogens (tertiary/aromatic N) is 2. The number of hydrogen-bond donors (Lipinski definition) is 0. The van der Waals surface area contributed by atoms with Gasteiger partial charge < -0.3 is 4.90 Å². The summed E-state index contributed by atoms with van der Waals surface area (Å²) in [6, 6.07) is 7.44. The van der Waals surface area contributed by atoms with Crippen LogP contribution in [0.4, 0.5) is 0 Å². The summed E-state index contributed by atoms with van der Waals surface area (Å²) in [5, 5.41) is 0. The molecule has 0 unspecified atom stereocenters. The van der Waals surface area contributed by atoms with Crippen molar-refractivity contribution in [2.45, 2.75) is 32.1 Å². The highest BCUT2D eigenvalue weighted by Gasteiger charge is 2.33. The third kappa shape index (κ3) is 4.20. The lowest BCUT2D eigenvalue weighted by Gasteiger charge is -2.40. The van der Waals surface area contributed by atoms with Crippen LogP contribution in [0.5, 0.6) is 0 Å². The predicted octanol–water partition coefficient (Wildman–Crippen LogP) is 1.93. The van der Waals surface area contributed by atoms with Crippen LogP contribution in [0, 0.1) is 6.92 Å². The maximum absolute atomic E-state index is 12.6. The van der Waals surface area contributed by atoms with Gasteiger partial charge in [-0.1, -0.05) is 43.3 Å². The molecule has 1 atom stereocenters. The zero-order valence-electron chi connectivity index (χ0n) is 13.7. The number of sulfonamides is 1. The summed E-state index contributed by atoms with van der Waals surface area (Å²) in [4.78, 5) is 13.6. The molecule has 1 saturated heterocycles. The van der Waals surface area contributed by atoms with Crippen LogP contribution in [0.1, 0.15) is 24.5 Å². The second kappa shape index (κ2) is 7.27. The predicted molar refractivity (Wildman–Crippen MR) is 91.4 cm³/mol. The van der Waals surface area contributed by atoms with Crippen molar-refractivity contribution < 1.29 is 13.2 Å². The molecule has 0 bridgehead atoms. The van der Waals surface area contributed by atoms with Gasteiger partial charge in [0.2, 0.25) is 15.9 Å². The molecule has 1 aromatic rings. The van der Waals surface area contributed by atoms with Gasteiger partial charge in [0.25, 0.3) is 0 Å². The van der Waals surface area contributed by atoms with E-state index in [1.807, 2.05) is 38.1 Å². The van der Waals surface area contributed by atoms with Crippen LogP contribution < -0.4 is 0 Å². The fourth-order valence-electron chi connectivity index (χ4n) is 2.82. The number of aryl methyl sites for hydroxylation is 1. The molecule has 1 aliphatic heterocycles. The second-order valence-corrected chi connectivity index (χ2v) is 7.87. The molecule has 0 aromatic heterocycles. The molecule has 0 spiro atoms. The molecule has 0 saturated carbocycles. The molecule has 0 radical (unpaired) electrons. The number of benzene rings is 1. The lowest BCUT2D eigenvalue weighted by atomic mass is 10.1. The van der Waals surface area contributed by atoms with Crippen molar-refractivity contribution in [1.29, 1.82) is 0 Å². The highest BCUT2D eigenvalue weighted by atomic mass is 32.2. The fraction of sp³-hybridized carbons (Fsp3) is 0.471. The molecule has 0 N–H and O–H groups in total. The summed E-state index contributed by atoms with van der Waals surface area (Å²) < 4.78 is 26.8. The number of carbonyl (C=O) groups excluding carboxylic acids is 1. The highest BCUT2D eigenvalue weighted by Crippen LogP contribution is 2.19. The standard InChI is InChI=1S/C17H24N2O3S/c1-4-16-12-18(10-11-19(16)17(20)5-2)23(21,22)13-15-8-6-14(3)7-9-15/h5-9,16H,2,4,10-13H2,1,3H3/t16-/m0/s1. The van der Waals surface area contributed by atoms with Crippen molar-refractivity contribution in [3.8, 4) is 0 Å². The third-order valence-corrected chi connectivity index (χ3v) is 6.05. The van der Waals surface area contributed by atoms with Crippen LogP contribution in [-0.2, 0) is 20.6 Å². The lowest BCUT2D eigenvalue weighted by Crippen LogP contribution is -2.56. The van der Waals surface area contributed by atoms with Crippen molar-refractivity contribution >= 4 is 15.9 Å². The largest absolute Gasteiger partial charge is 0.334 e. The Hall–Kier alpha value is -1.66. The summed E-state index contributed by atoms with van der Waals surface area (Å²) in [6.45, 7) is 8.55. The molecular weight excluding hydrogens is 312 g/mol. The maximum atomic E-state index is 12.6. The smallest absolute Gasteiger partial charge is 0.246 e. The Morgan fingerprint density at radius 3 is 2.52 bits per heavy atom. The number of amides is 1. The van der Waals surface area contributed by atoms with Gasteiger partial charge in [-0.3, -0.25) is 4.79 Å². The molecule has 6 heteroatoms. The van der Waals surface area contributed by atoms with Gasteiger partial charge in [-0.25, -0.2) is 8.42 Å². The van der Waals surface area contributed by atoms with Gasteiger partial charge >= 0.3 is 0 Å². The Morgan fingerprint density at radius 1 is 1.30 bits per heavy atom. The van der Waals surface area contributed by atoms with Crippen LogP contribution in [0.25, 0.3) is 0 Å². The van der Waals surface area contributed by atoms with E-state index in [-0.39, 0.29) is 17.7 Å². The Balaban J connectivity index is 2.10. The molecule has 0 aliphatic carbocycles. The van der Waals surface area contributed by atoms with Gasteiger partial charge in [0.1, 0.15) is 0 Å². The van der Waals surface area contributed by atoms with Gasteiger partial charge in [-0.05, 0) is 25.0 Å². The molecule has 1 heterocycles. The number of rotatable bonds is 5. The molecule has 1 aliphatic rings. The fourth-order valence-corrected chi connectivity index (χ4v) is 4.38. The van der Waals surface area contributed by atoms with Crippen LogP contribution in [0.3, 0.4) is 0 Å². The third-order valence-electron chi connectivity index (χ3n) is 4.24. The summed E-state index contributed by atoms with van der Waals surface area (Å²) >= 11 is 0. The quantitative estimate of drug-likeness (QED) is 0.772. The Kier molecular flexibility index (Phi) is 5.59. The number of carbonyl (C=O) groups is 1. The first kappa shape index (κ1) is 17.7. The van der Waals surface area contributed by atoms with Crippen LogP contribution >= 0.6 is 0 Å². The number of piperazine rings is 1. The molecule has 1 fully saturated rings. The van der Waals surface area contributed by atoms with Crippen LogP contribution in [0.2, 0.25) is 0 Å².